The van der Waals surface area contributed by atoms with Crippen LogP contribution in [0.1, 0.15) is 11.1 Å². The van der Waals surface area contributed by atoms with Crippen molar-refractivity contribution in [2.24, 2.45) is 10.9 Å². The summed E-state index contributed by atoms with van der Waals surface area (Å²) in [6, 6.07) is 12.2. The molecule has 0 saturated heterocycles. The van der Waals surface area contributed by atoms with E-state index in [1.54, 1.807) is 12.1 Å². The Kier molecular flexibility index (Phi) is 2.48. The van der Waals surface area contributed by atoms with Gasteiger partial charge in [-0.3, -0.25) is 0 Å². The van der Waals surface area contributed by atoms with Crippen molar-refractivity contribution in [1.82, 2.24) is 0 Å². The molecule has 1 aliphatic heterocycles. The van der Waals surface area contributed by atoms with Gasteiger partial charge in [-0.25, -0.2) is 4.39 Å². The Morgan fingerprint density at radius 2 is 1.78 bits per heavy atom. The Bertz CT molecular complexity index is 620. The van der Waals surface area contributed by atoms with Crippen molar-refractivity contribution in [3.05, 3.63) is 59.4 Å². The van der Waals surface area contributed by atoms with E-state index in [0.717, 1.165) is 22.3 Å². The predicted molar refractivity (Wildman–Crippen MR) is 67.3 cm³/mol. The number of oxime groups is 1. The van der Waals surface area contributed by atoms with E-state index in [9.17, 15) is 4.39 Å². The number of fused-ring (bicyclic) bond motifs is 1. The van der Waals surface area contributed by atoms with Gasteiger partial charge in [0.2, 0.25) is 0 Å². The third kappa shape index (κ3) is 1.82. The van der Waals surface area contributed by atoms with Crippen LogP contribution in [0.2, 0.25) is 0 Å². The zero-order valence-corrected chi connectivity index (χ0v) is 9.56. The molecule has 0 radical (unpaired) electrons. The number of benzene rings is 2. The number of rotatable bonds is 1. The number of hydrogen-bond acceptors (Lipinski definition) is 3. The molecule has 2 N–H and O–H groups in total. The van der Waals surface area contributed by atoms with Gasteiger partial charge in [-0.2, -0.15) is 0 Å². The van der Waals surface area contributed by atoms with E-state index in [0.29, 0.717) is 12.4 Å². The van der Waals surface area contributed by atoms with Gasteiger partial charge in [-0.1, -0.05) is 29.4 Å². The Morgan fingerprint density at radius 1 is 1.06 bits per heavy atom. The SMILES string of the molecule is NC1=NOCc2cc(-c3ccc(F)cc3)ccc21. The van der Waals surface area contributed by atoms with Gasteiger partial charge in [0.25, 0.3) is 0 Å². The third-order valence-corrected chi connectivity index (χ3v) is 2.94. The third-order valence-electron chi connectivity index (χ3n) is 2.94. The van der Waals surface area contributed by atoms with Crippen LogP contribution in [0.3, 0.4) is 0 Å². The van der Waals surface area contributed by atoms with Crippen molar-refractivity contribution in [3.63, 3.8) is 0 Å². The molecule has 0 fully saturated rings. The molecule has 0 spiro atoms. The van der Waals surface area contributed by atoms with Gasteiger partial charge in [-0.15, -0.1) is 0 Å². The van der Waals surface area contributed by atoms with E-state index >= 15 is 0 Å². The van der Waals surface area contributed by atoms with Crippen molar-refractivity contribution < 1.29 is 9.23 Å². The average Bonchev–Trinajstić information content (AvgIpc) is 2.39. The highest BCUT2D eigenvalue weighted by Crippen LogP contribution is 2.25. The first-order chi connectivity index (χ1) is 8.74. The summed E-state index contributed by atoms with van der Waals surface area (Å²) in [5, 5.41) is 3.73. The summed E-state index contributed by atoms with van der Waals surface area (Å²) >= 11 is 0. The lowest BCUT2D eigenvalue weighted by molar-refractivity contribution is 0.125. The Labute approximate surface area is 104 Å². The Hall–Kier alpha value is -2.36. The topological polar surface area (TPSA) is 47.6 Å². The first-order valence-corrected chi connectivity index (χ1v) is 5.59. The molecule has 2 aromatic carbocycles. The Morgan fingerprint density at radius 3 is 2.56 bits per heavy atom. The van der Waals surface area contributed by atoms with Crippen LogP contribution in [-0.4, -0.2) is 5.84 Å². The van der Waals surface area contributed by atoms with Gasteiger partial charge in [-0.05, 0) is 29.3 Å². The molecule has 0 bridgehead atoms. The molecule has 1 heterocycles. The molecule has 4 heteroatoms. The van der Waals surface area contributed by atoms with Crippen LogP contribution in [0.4, 0.5) is 4.39 Å². The number of halogens is 1. The van der Waals surface area contributed by atoms with E-state index in [-0.39, 0.29) is 5.82 Å². The summed E-state index contributed by atoms with van der Waals surface area (Å²) in [6.45, 7) is 0.408. The predicted octanol–water partition coefficient (Wildman–Crippen LogP) is 2.64. The van der Waals surface area contributed by atoms with E-state index in [1.807, 2.05) is 18.2 Å². The first kappa shape index (κ1) is 10.8. The number of hydrogen-bond donors (Lipinski definition) is 1. The van der Waals surface area contributed by atoms with Crippen molar-refractivity contribution in [1.29, 1.82) is 0 Å². The lowest BCUT2D eigenvalue weighted by Gasteiger charge is -2.15. The fourth-order valence-corrected chi connectivity index (χ4v) is 2.01. The normalized spacial score (nSPS) is 13.5. The summed E-state index contributed by atoms with van der Waals surface area (Å²) in [6.07, 6.45) is 0. The summed E-state index contributed by atoms with van der Waals surface area (Å²) in [7, 11) is 0. The van der Waals surface area contributed by atoms with E-state index in [1.165, 1.54) is 12.1 Å². The van der Waals surface area contributed by atoms with Crippen LogP contribution in [0.25, 0.3) is 11.1 Å². The van der Waals surface area contributed by atoms with Crippen LogP contribution >= 0.6 is 0 Å². The summed E-state index contributed by atoms with van der Waals surface area (Å²) in [4.78, 5) is 5.02. The van der Waals surface area contributed by atoms with Crippen LogP contribution in [0.5, 0.6) is 0 Å². The molecule has 1 aliphatic rings. The second-order valence-corrected chi connectivity index (χ2v) is 4.13. The molecule has 2 aromatic rings. The molecule has 18 heavy (non-hydrogen) atoms. The van der Waals surface area contributed by atoms with Gasteiger partial charge in [0.1, 0.15) is 12.4 Å². The maximum atomic E-state index is 12.9. The van der Waals surface area contributed by atoms with Crippen LogP contribution in [0, 0.1) is 5.82 Å². The minimum atomic E-state index is -0.239. The molecule has 0 aromatic heterocycles. The maximum absolute atomic E-state index is 12.9. The zero-order chi connectivity index (χ0) is 12.5. The van der Waals surface area contributed by atoms with Crippen molar-refractivity contribution in [3.8, 4) is 11.1 Å². The van der Waals surface area contributed by atoms with E-state index in [2.05, 4.69) is 5.16 Å². The van der Waals surface area contributed by atoms with Crippen molar-refractivity contribution in [2.75, 3.05) is 0 Å². The molecule has 0 saturated carbocycles. The lowest BCUT2D eigenvalue weighted by atomic mass is 9.98. The van der Waals surface area contributed by atoms with Gasteiger partial charge in [0, 0.05) is 11.1 Å². The monoisotopic (exact) mass is 242 g/mol. The minimum absolute atomic E-state index is 0.239. The molecule has 0 amide bonds. The second kappa shape index (κ2) is 4.14. The summed E-state index contributed by atoms with van der Waals surface area (Å²) in [5.41, 5.74) is 9.58. The Balaban J connectivity index is 2.05. The molecule has 3 nitrogen and oxygen atoms in total. The largest absolute Gasteiger partial charge is 0.389 e. The van der Waals surface area contributed by atoms with Crippen molar-refractivity contribution in [2.45, 2.75) is 6.61 Å². The van der Waals surface area contributed by atoms with E-state index in [4.69, 9.17) is 10.6 Å². The molecule has 3 rings (SSSR count). The average molecular weight is 242 g/mol. The highest BCUT2D eigenvalue weighted by atomic mass is 19.1. The molecule has 0 atom stereocenters. The number of nitrogens with zero attached hydrogens (tertiary/aromatic N) is 1. The standard InChI is InChI=1S/C14H11FN2O/c15-12-4-1-9(2-5-12)10-3-6-13-11(7-10)8-18-17-14(13)16/h1-7H,8H2,(H2,16,17). The van der Waals surface area contributed by atoms with Gasteiger partial charge >= 0.3 is 0 Å². The van der Waals surface area contributed by atoms with Crippen molar-refractivity contribution >= 4 is 5.84 Å². The minimum Gasteiger partial charge on any atom is -0.389 e. The van der Waals surface area contributed by atoms with Gasteiger partial charge in [0.15, 0.2) is 5.84 Å². The lowest BCUT2D eigenvalue weighted by Crippen LogP contribution is -2.19. The van der Waals surface area contributed by atoms with Crippen LogP contribution in [-0.2, 0) is 11.4 Å². The molecule has 0 unspecified atom stereocenters. The molecular formula is C14H11FN2O. The van der Waals surface area contributed by atoms with Gasteiger partial charge in [0.05, 0.1) is 0 Å². The molecular weight excluding hydrogens is 231 g/mol. The second-order valence-electron chi connectivity index (χ2n) is 4.13. The zero-order valence-electron chi connectivity index (χ0n) is 9.56. The summed E-state index contributed by atoms with van der Waals surface area (Å²) < 4.78 is 12.9. The fraction of sp³-hybridized carbons (Fsp3) is 0.0714. The van der Waals surface area contributed by atoms with E-state index < -0.39 is 0 Å². The first-order valence-electron chi connectivity index (χ1n) is 5.59. The quantitative estimate of drug-likeness (QED) is 0.835. The highest BCUT2D eigenvalue weighted by molar-refractivity contribution is 5.99. The van der Waals surface area contributed by atoms with Crippen LogP contribution in [0.15, 0.2) is 47.6 Å². The smallest absolute Gasteiger partial charge is 0.170 e. The number of nitrogens with two attached hydrogens (primary N) is 1. The maximum Gasteiger partial charge on any atom is 0.170 e. The van der Waals surface area contributed by atoms with Crippen LogP contribution < -0.4 is 5.73 Å². The highest BCUT2D eigenvalue weighted by Gasteiger charge is 2.13. The fourth-order valence-electron chi connectivity index (χ4n) is 2.01. The molecule has 0 aliphatic carbocycles. The summed E-state index contributed by atoms with van der Waals surface area (Å²) in [5.74, 6) is 0.151. The van der Waals surface area contributed by atoms with Gasteiger partial charge < -0.3 is 10.6 Å². The number of amidine groups is 1. The molecule has 90 valence electrons.